The third-order valence-electron chi connectivity index (χ3n) is 5.27. The number of hydrogen-bond acceptors (Lipinski definition) is 6. The van der Waals surface area contributed by atoms with Crippen molar-refractivity contribution in [2.24, 2.45) is 0 Å². The van der Waals surface area contributed by atoms with Crippen LogP contribution < -0.4 is 10.6 Å². The minimum Gasteiger partial charge on any atom is -0.467 e. The second-order valence-electron chi connectivity index (χ2n) is 10.2. The highest BCUT2D eigenvalue weighted by molar-refractivity contribution is 6.74. The maximum absolute atomic E-state index is 12.1. The van der Waals surface area contributed by atoms with Crippen LogP contribution in [0.1, 0.15) is 47.1 Å². The minimum absolute atomic E-state index is 0.193. The SMILES string of the molecule is COC(=O)C(Cc1ccc(NCCO[Si](C)(C)C(C)(C)C)cc1)NC(=O)OC(C)(C)C. The summed E-state index contributed by atoms with van der Waals surface area (Å²) in [7, 11) is -0.446. The number of anilines is 1. The van der Waals surface area contributed by atoms with Crippen molar-refractivity contribution in [3.63, 3.8) is 0 Å². The lowest BCUT2D eigenvalue weighted by atomic mass is 10.1. The van der Waals surface area contributed by atoms with Crippen LogP contribution in [0.15, 0.2) is 24.3 Å². The molecule has 0 aromatic heterocycles. The average molecular weight is 453 g/mol. The minimum atomic E-state index is -1.74. The van der Waals surface area contributed by atoms with Crippen molar-refractivity contribution in [3.8, 4) is 0 Å². The zero-order valence-corrected chi connectivity index (χ0v) is 21.5. The molecule has 0 aliphatic heterocycles. The first-order chi connectivity index (χ1) is 14.1. The normalized spacial score (nSPS) is 13.3. The maximum Gasteiger partial charge on any atom is 0.408 e. The molecule has 0 spiro atoms. The summed E-state index contributed by atoms with van der Waals surface area (Å²) in [5, 5.41) is 6.14. The van der Waals surface area contributed by atoms with Crippen LogP contribution in [0.5, 0.6) is 0 Å². The number of esters is 1. The van der Waals surface area contributed by atoms with E-state index in [0.29, 0.717) is 13.0 Å². The third kappa shape index (κ3) is 9.74. The summed E-state index contributed by atoms with van der Waals surface area (Å²) in [6.07, 6.45) is -0.344. The summed E-state index contributed by atoms with van der Waals surface area (Å²) in [4.78, 5) is 24.1. The smallest absolute Gasteiger partial charge is 0.408 e. The molecular weight excluding hydrogens is 412 g/mol. The van der Waals surface area contributed by atoms with Gasteiger partial charge >= 0.3 is 12.1 Å². The molecule has 31 heavy (non-hydrogen) atoms. The van der Waals surface area contributed by atoms with Crippen molar-refractivity contribution in [1.29, 1.82) is 0 Å². The Hall–Kier alpha value is -2.06. The van der Waals surface area contributed by atoms with Crippen molar-refractivity contribution < 1.29 is 23.5 Å². The quantitative estimate of drug-likeness (QED) is 0.320. The van der Waals surface area contributed by atoms with E-state index in [1.165, 1.54) is 7.11 Å². The second kappa shape index (κ2) is 11.0. The van der Waals surface area contributed by atoms with Crippen LogP contribution in [-0.4, -0.2) is 52.3 Å². The first-order valence-corrected chi connectivity index (χ1v) is 13.6. The Labute approximate surface area is 188 Å². The molecule has 0 aliphatic rings. The van der Waals surface area contributed by atoms with E-state index in [1.54, 1.807) is 20.8 Å². The molecule has 0 aliphatic carbocycles. The average Bonchev–Trinajstić information content (AvgIpc) is 2.62. The molecule has 176 valence electrons. The Kier molecular flexibility index (Phi) is 9.57. The topological polar surface area (TPSA) is 85.9 Å². The predicted octanol–water partition coefficient (Wildman–Crippen LogP) is 4.73. The van der Waals surface area contributed by atoms with Gasteiger partial charge in [-0.15, -0.1) is 0 Å². The number of nitrogens with one attached hydrogen (secondary N) is 2. The van der Waals surface area contributed by atoms with Crippen LogP contribution in [0.4, 0.5) is 10.5 Å². The van der Waals surface area contributed by atoms with E-state index >= 15 is 0 Å². The van der Waals surface area contributed by atoms with Crippen LogP contribution in [0, 0.1) is 0 Å². The van der Waals surface area contributed by atoms with Gasteiger partial charge in [-0.05, 0) is 56.6 Å². The summed E-state index contributed by atoms with van der Waals surface area (Å²) in [5.74, 6) is -0.518. The molecule has 1 aromatic rings. The van der Waals surface area contributed by atoms with Crippen molar-refractivity contribution in [1.82, 2.24) is 5.32 Å². The number of carbonyl (C=O) groups excluding carboxylic acids is 2. The molecule has 1 amide bonds. The first kappa shape index (κ1) is 27.0. The van der Waals surface area contributed by atoms with Gasteiger partial charge in [0.25, 0.3) is 0 Å². The van der Waals surface area contributed by atoms with Gasteiger partial charge in [-0.3, -0.25) is 0 Å². The summed E-state index contributed by atoms with van der Waals surface area (Å²) < 4.78 is 16.2. The van der Waals surface area contributed by atoms with Gasteiger partial charge in [0, 0.05) is 18.7 Å². The fourth-order valence-corrected chi connectivity index (χ4v) is 3.54. The van der Waals surface area contributed by atoms with E-state index in [1.807, 2.05) is 24.3 Å². The third-order valence-corrected chi connectivity index (χ3v) is 9.81. The predicted molar refractivity (Wildman–Crippen MR) is 127 cm³/mol. The monoisotopic (exact) mass is 452 g/mol. The highest BCUT2D eigenvalue weighted by Gasteiger charge is 2.36. The van der Waals surface area contributed by atoms with Gasteiger partial charge in [0.05, 0.1) is 13.7 Å². The zero-order chi connectivity index (χ0) is 23.9. The molecule has 0 bridgehead atoms. The molecule has 1 rings (SSSR count). The lowest BCUT2D eigenvalue weighted by Crippen LogP contribution is -2.45. The second-order valence-corrected chi connectivity index (χ2v) is 15.0. The molecular formula is C23H40N2O5Si. The van der Waals surface area contributed by atoms with E-state index in [4.69, 9.17) is 13.9 Å². The fraction of sp³-hybridized carbons (Fsp3) is 0.652. The van der Waals surface area contributed by atoms with Gasteiger partial charge in [-0.25, -0.2) is 9.59 Å². The Morgan fingerprint density at radius 1 is 1.03 bits per heavy atom. The Balaban J connectivity index is 2.62. The Morgan fingerprint density at radius 2 is 1.61 bits per heavy atom. The van der Waals surface area contributed by atoms with Gasteiger partial charge in [0.15, 0.2) is 8.32 Å². The van der Waals surface area contributed by atoms with Gasteiger partial charge in [0.1, 0.15) is 11.6 Å². The van der Waals surface area contributed by atoms with E-state index in [-0.39, 0.29) is 5.04 Å². The Morgan fingerprint density at radius 3 is 2.10 bits per heavy atom. The summed E-state index contributed by atoms with van der Waals surface area (Å²) in [6.45, 7) is 17.8. The van der Waals surface area contributed by atoms with Crippen molar-refractivity contribution in [2.45, 2.75) is 77.7 Å². The molecule has 7 nitrogen and oxygen atoms in total. The van der Waals surface area contributed by atoms with Gasteiger partial charge in [-0.2, -0.15) is 0 Å². The number of benzene rings is 1. The molecule has 1 aromatic carbocycles. The number of alkyl carbamates (subject to hydrolysis) is 1. The van der Waals surface area contributed by atoms with Crippen LogP contribution in [-0.2, 0) is 25.1 Å². The van der Waals surface area contributed by atoms with Crippen molar-refractivity contribution in [3.05, 3.63) is 29.8 Å². The van der Waals surface area contributed by atoms with Crippen molar-refractivity contribution >= 4 is 26.1 Å². The number of amides is 1. The molecule has 8 heteroatoms. The fourth-order valence-electron chi connectivity index (χ4n) is 2.50. The Bertz CT molecular complexity index is 721. The largest absolute Gasteiger partial charge is 0.467 e. The van der Waals surface area contributed by atoms with Crippen LogP contribution in [0.3, 0.4) is 0 Å². The van der Waals surface area contributed by atoms with E-state index < -0.39 is 32.0 Å². The number of rotatable bonds is 9. The molecule has 2 N–H and O–H groups in total. The van der Waals surface area contributed by atoms with E-state index in [9.17, 15) is 9.59 Å². The summed E-state index contributed by atoms with van der Waals surface area (Å²) in [5.41, 5.74) is 1.22. The molecule has 1 atom stereocenters. The van der Waals surface area contributed by atoms with Crippen LogP contribution >= 0.6 is 0 Å². The number of carbonyl (C=O) groups is 2. The maximum atomic E-state index is 12.1. The van der Waals surface area contributed by atoms with Gasteiger partial charge in [-0.1, -0.05) is 32.9 Å². The number of methoxy groups -OCH3 is 1. The van der Waals surface area contributed by atoms with Crippen LogP contribution in [0.2, 0.25) is 18.1 Å². The molecule has 1 unspecified atom stereocenters. The van der Waals surface area contributed by atoms with Crippen LogP contribution in [0.25, 0.3) is 0 Å². The number of ether oxygens (including phenoxy) is 2. The van der Waals surface area contributed by atoms with E-state index in [0.717, 1.165) is 17.8 Å². The number of hydrogen-bond donors (Lipinski definition) is 2. The molecule has 0 saturated heterocycles. The van der Waals surface area contributed by atoms with Gasteiger partial charge < -0.3 is 24.5 Å². The lowest BCUT2D eigenvalue weighted by molar-refractivity contribution is -0.143. The zero-order valence-electron chi connectivity index (χ0n) is 20.5. The molecule has 0 radical (unpaired) electrons. The molecule has 0 fully saturated rings. The highest BCUT2D eigenvalue weighted by Crippen LogP contribution is 2.36. The summed E-state index contributed by atoms with van der Waals surface area (Å²) >= 11 is 0. The standard InChI is InChI=1S/C23H40N2O5Si/c1-22(2,3)30-21(27)25-19(20(26)28-7)16-17-10-12-18(13-11-17)24-14-15-29-31(8,9)23(4,5)6/h10-13,19,24H,14-16H2,1-9H3,(H,25,27). The van der Waals surface area contributed by atoms with Crippen molar-refractivity contribution in [2.75, 3.05) is 25.6 Å². The highest BCUT2D eigenvalue weighted by atomic mass is 28.4. The lowest BCUT2D eigenvalue weighted by Gasteiger charge is -2.36. The van der Waals surface area contributed by atoms with E-state index in [2.05, 4.69) is 44.5 Å². The first-order valence-electron chi connectivity index (χ1n) is 10.7. The molecule has 0 saturated carbocycles. The van der Waals surface area contributed by atoms with Gasteiger partial charge in [0.2, 0.25) is 0 Å². The summed E-state index contributed by atoms with van der Waals surface area (Å²) in [6, 6.07) is 6.91. The molecule has 0 heterocycles.